The predicted octanol–water partition coefficient (Wildman–Crippen LogP) is 1.86. The van der Waals surface area contributed by atoms with Crippen LogP contribution in [0.4, 0.5) is 5.82 Å². The number of carboxylic acids is 1. The molecule has 3 aromatic rings. The lowest BCUT2D eigenvalue weighted by atomic mass is 9.91. The molecule has 4 rings (SSSR count). The fourth-order valence-corrected chi connectivity index (χ4v) is 3.15. The van der Waals surface area contributed by atoms with Gasteiger partial charge in [0.2, 0.25) is 5.60 Å². The monoisotopic (exact) mass is 339 g/mol. The quantitative estimate of drug-likeness (QED) is 0.747. The molecule has 128 valence electrons. The average Bonchev–Trinajstić information content (AvgIpc) is 3.12. The molecule has 0 amide bonds. The van der Waals surface area contributed by atoms with Crippen LogP contribution in [0.2, 0.25) is 0 Å². The zero-order valence-corrected chi connectivity index (χ0v) is 13.4. The first-order valence-corrected chi connectivity index (χ1v) is 8.04. The SMILES string of the molecule is O=C(O)C1(Oc2ccccc2)CCN(c2ncnc3nc[nH]c23)CC1. The molecule has 0 saturated carbocycles. The Hall–Kier alpha value is -3.16. The maximum atomic E-state index is 11.9. The molecule has 0 bridgehead atoms. The Kier molecular flexibility index (Phi) is 3.72. The fraction of sp³-hybridized carbons (Fsp3) is 0.294. The van der Waals surface area contributed by atoms with Crippen molar-refractivity contribution in [1.82, 2.24) is 19.9 Å². The highest BCUT2D eigenvalue weighted by molar-refractivity contribution is 5.83. The number of piperidine rings is 1. The second-order valence-corrected chi connectivity index (χ2v) is 6.00. The van der Waals surface area contributed by atoms with Crippen LogP contribution in [-0.4, -0.2) is 49.7 Å². The number of anilines is 1. The molecule has 1 saturated heterocycles. The fourth-order valence-electron chi connectivity index (χ4n) is 3.15. The van der Waals surface area contributed by atoms with E-state index in [4.69, 9.17) is 4.74 Å². The predicted molar refractivity (Wildman–Crippen MR) is 90.6 cm³/mol. The summed E-state index contributed by atoms with van der Waals surface area (Å²) in [6.45, 7) is 1.04. The van der Waals surface area contributed by atoms with Crippen LogP contribution >= 0.6 is 0 Å². The van der Waals surface area contributed by atoms with Crippen LogP contribution in [0.5, 0.6) is 5.75 Å². The van der Waals surface area contributed by atoms with E-state index in [0.29, 0.717) is 37.3 Å². The van der Waals surface area contributed by atoms with Gasteiger partial charge in [-0.2, -0.15) is 0 Å². The van der Waals surface area contributed by atoms with Crippen molar-refractivity contribution in [2.45, 2.75) is 18.4 Å². The normalized spacial score (nSPS) is 16.7. The van der Waals surface area contributed by atoms with Gasteiger partial charge < -0.3 is 19.7 Å². The number of aromatic amines is 1. The first-order chi connectivity index (χ1) is 12.2. The van der Waals surface area contributed by atoms with Gasteiger partial charge in [-0.15, -0.1) is 0 Å². The van der Waals surface area contributed by atoms with Crippen LogP contribution in [0.25, 0.3) is 11.2 Å². The van der Waals surface area contributed by atoms with Gasteiger partial charge in [0.25, 0.3) is 0 Å². The van der Waals surface area contributed by atoms with E-state index in [1.807, 2.05) is 23.1 Å². The van der Waals surface area contributed by atoms with E-state index in [9.17, 15) is 9.90 Å². The van der Waals surface area contributed by atoms with Gasteiger partial charge in [0.1, 0.15) is 17.6 Å². The number of para-hydroxylation sites is 1. The molecule has 8 heteroatoms. The van der Waals surface area contributed by atoms with Gasteiger partial charge in [-0.1, -0.05) is 18.2 Å². The summed E-state index contributed by atoms with van der Waals surface area (Å²) in [6.07, 6.45) is 3.76. The average molecular weight is 339 g/mol. The summed E-state index contributed by atoms with van der Waals surface area (Å²) in [5.74, 6) is 0.364. The zero-order valence-electron chi connectivity index (χ0n) is 13.4. The van der Waals surface area contributed by atoms with Crippen molar-refractivity contribution in [2.24, 2.45) is 0 Å². The van der Waals surface area contributed by atoms with E-state index < -0.39 is 11.6 Å². The van der Waals surface area contributed by atoms with E-state index >= 15 is 0 Å². The number of rotatable bonds is 4. The van der Waals surface area contributed by atoms with Gasteiger partial charge in [-0.3, -0.25) is 0 Å². The second kappa shape index (κ2) is 6.04. The van der Waals surface area contributed by atoms with Gasteiger partial charge >= 0.3 is 5.97 Å². The maximum absolute atomic E-state index is 11.9. The first kappa shape index (κ1) is 15.4. The van der Waals surface area contributed by atoms with Gasteiger partial charge in [-0.25, -0.2) is 19.7 Å². The van der Waals surface area contributed by atoms with E-state index in [0.717, 1.165) is 11.3 Å². The van der Waals surface area contributed by atoms with Crippen molar-refractivity contribution in [1.29, 1.82) is 0 Å². The highest BCUT2D eigenvalue weighted by atomic mass is 16.5. The number of fused-ring (bicyclic) bond motifs is 1. The molecular weight excluding hydrogens is 322 g/mol. The Morgan fingerprint density at radius 3 is 2.64 bits per heavy atom. The number of aliphatic carboxylic acids is 1. The summed E-state index contributed by atoms with van der Waals surface area (Å²) in [4.78, 5) is 29.6. The number of imidazole rings is 1. The van der Waals surface area contributed by atoms with E-state index in [1.165, 1.54) is 6.33 Å². The largest absolute Gasteiger partial charge is 0.478 e. The third-order valence-electron chi connectivity index (χ3n) is 4.52. The topological polar surface area (TPSA) is 104 Å². The molecule has 3 heterocycles. The van der Waals surface area contributed by atoms with Crippen LogP contribution in [0.1, 0.15) is 12.8 Å². The summed E-state index contributed by atoms with van der Waals surface area (Å²) in [5.41, 5.74) is 0.132. The van der Waals surface area contributed by atoms with Crippen molar-refractivity contribution in [3.05, 3.63) is 43.0 Å². The van der Waals surface area contributed by atoms with Crippen LogP contribution in [0.3, 0.4) is 0 Å². The minimum atomic E-state index is -1.22. The zero-order chi connectivity index (χ0) is 17.3. The van der Waals surface area contributed by atoms with Crippen LogP contribution in [0, 0.1) is 0 Å². The smallest absolute Gasteiger partial charge is 0.348 e. The van der Waals surface area contributed by atoms with E-state index in [2.05, 4.69) is 19.9 Å². The number of benzene rings is 1. The molecule has 1 aromatic carbocycles. The Labute approximate surface area is 143 Å². The lowest BCUT2D eigenvalue weighted by molar-refractivity contribution is -0.157. The third-order valence-corrected chi connectivity index (χ3v) is 4.52. The van der Waals surface area contributed by atoms with E-state index in [-0.39, 0.29) is 0 Å². The third kappa shape index (κ3) is 2.75. The van der Waals surface area contributed by atoms with Gasteiger partial charge in [0, 0.05) is 25.9 Å². The molecular formula is C17H17N5O3. The van der Waals surface area contributed by atoms with Gasteiger partial charge in [0.15, 0.2) is 11.5 Å². The lowest BCUT2D eigenvalue weighted by Crippen LogP contribution is -2.53. The van der Waals surface area contributed by atoms with Gasteiger partial charge in [0.05, 0.1) is 6.33 Å². The summed E-state index contributed by atoms with van der Waals surface area (Å²) in [7, 11) is 0. The number of hydrogen-bond donors (Lipinski definition) is 2. The number of carboxylic acid groups (broad SMARTS) is 1. The van der Waals surface area contributed by atoms with Crippen molar-refractivity contribution in [3.8, 4) is 5.75 Å². The molecule has 8 nitrogen and oxygen atoms in total. The van der Waals surface area contributed by atoms with Crippen molar-refractivity contribution in [2.75, 3.05) is 18.0 Å². The molecule has 2 aromatic heterocycles. The van der Waals surface area contributed by atoms with Gasteiger partial charge in [-0.05, 0) is 12.1 Å². The molecule has 0 unspecified atom stereocenters. The number of H-pyrrole nitrogens is 1. The Bertz CT molecular complexity index is 887. The Balaban J connectivity index is 1.56. The summed E-state index contributed by atoms with van der Waals surface area (Å²) in [5, 5.41) is 9.76. The minimum Gasteiger partial charge on any atom is -0.478 e. The number of nitrogens with zero attached hydrogens (tertiary/aromatic N) is 4. The van der Waals surface area contributed by atoms with Crippen LogP contribution in [0.15, 0.2) is 43.0 Å². The molecule has 0 atom stereocenters. The summed E-state index contributed by atoms with van der Waals surface area (Å²) in [6, 6.07) is 9.07. The van der Waals surface area contributed by atoms with Crippen molar-refractivity contribution >= 4 is 23.0 Å². The molecule has 1 aliphatic rings. The standard InChI is InChI=1S/C17H17N5O3/c23-16(24)17(25-12-4-2-1-3-5-12)6-8-22(9-7-17)15-13-14(19-10-18-13)20-11-21-15/h1-5,10-11H,6-9H2,(H,23,24)(H,18,19,20,21). The highest BCUT2D eigenvalue weighted by Crippen LogP contribution is 2.32. The molecule has 1 aliphatic heterocycles. The number of nitrogens with one attached hydrogen (secondary N) is 1. The highest BCUT2D eigenvalue weighted by Gasteiger charge is 2.44. The summed E-state index contributed by atoms with van der Waals surface area (Å²) >= 11 is 0. The number of ether oxygens (including phenoxy) is 1. The first-order valence-electron chi connectivity index (χ1n) is 8.04. The summed E-state index contributed by atoms with van der Waals surface area (Å²) < 4.78 is 5.88. The molecule has 1 fully saturated rings. The second-order valence-electron chi connectivity index (χ2n) is 6.00. The number of carbonyl (C=O) groups is 1. The van der Waals surface area contributed by atoms with Crippen molar-refractivity contribution in [3.63, 3.8) is 0 Å². The lowest BCUT2D eigenvalue weighted by Gasteiger charge is -2.39. The maximum Gasteiger partial charge on any atom is 0.348 e. The Morgan fingerprint density at radius 1 is 1.16 bits per heavy atom. The minimum absolute atomic E-state index is 0.358. The Morgan fingerprint density at radius 2 is 1.92 bits per heavy atom. The molecule has 0 radical (unpaired) electrons. The molecule has 25 heavy (non-hydrogen) atoms. The molecule has 0 aliphatic carbocycles. The van der Waals surface area contributed by atoms with Crippen LogP contribution in [-0.2, 0) is 4.79 Å². The van der Waals surface area contributed by atoms with E-state index in [1.54, 1.807) is 18.5 Å². The number of hydrogen-bond acceptors (Lipinski definition) is 6. The molecule has 0 spiro atoms. The number of aromatic nitrogens is 4. The van der Waals surface area contributed by atoms with Crippen LogP contribution < -0.4 is 9.64 Å². The van der Waals surface area contributed by atoms with Crippen molar-refractivity contribution < 1.29 is 14.6 Å². The molecule has 2 N–H and O–H groups in total.